The van der Waals surface area contributed by atoms with Gasteiger partial charge >= 0.3 is 0 Å². The molecular weight excluding hydrogens is 334 g/mol. The maximum atomic E-state index is 12.3. The SMILES string of the molecule is CC(C(=O)Nc1cccc(S(=O)(=O)NCCN)c1)c1cccs1. The number of benzene rings is 1. The Morgan fingerprint density at radius 1 is 1.30 bits per heavy atom. The molecule has 0 aliphatic carbocycles. The number of hydrogen-bond acceptors (Lipinski definition) is 5. The average Bonchev–Trinajstić information content (AvgIpc) is 3.07. The molecule has 1 amide bonds. The van der Waals surface area contributed by atoms with Gasteiger partial charge in [-0.1, -0.05) is 12.1 Å². The lowest BCUT2D eigenvalue weighted by Crippen LogP contribution is -2.29. The number of amides is 1. The molecule has 2 rings (SSSR count). The van der Waals surface area contributed by atoms with Crippen molar-refractivity contribution in [3.63, 3.8) is 0 Å². The summed E-state index contributed by atoms with van der Waals surface area (Å²) in [6, 6.07) is 9.92. The Kier molecular flexibility index (Phi) is 5.89. The third-order valence-electron chi connectivity index (χ3n) is 3.21. The van der Waals surface area contributed by atoms with Crippen LogP contribution in [0.1, 0.15) is 17.7 Å². The van der Waals surface area contributed by atoms with Gasteiger partial charge in [0.1, 0.15) is 0 Å². The van der Waals surface area contributed by atoms with E-state index >= 15 is 0 Å². The predicted molar refractivity (Wildman–Crippen MR) is 92.0 cm³/mol. The number of hydrogen-bond donors (Lipinski definition) is 3. The topological polar surface area (TPSA) is 101 Å². The lowest BCUT2D eigenvalue weighted by atomic mass is 10.1. The molecule has 0 bridgehead atoms. The highest BCUT2D eigenvalue weighted by Crippen LogP contribution is 2.23. The Balaban J connectivity index is 2.12. The molecule has 1 atom stereocenters. The third kappa shape index (κ3) is 4.61. The summed E-state index contributed by atoms with van der Waals surface area (Å²) in [4.78, 5) is 13.3. The van der Waals surface area contributed by atoms with Crippen molar-refractivity contribution in [3.05, 3.63) is 46.7 Å². The molecule has 0 aliphatic heterocycles. The van der Waals surface area contributed by atoms with Gasteiger partial charge in [-0.2, -0.15) is 0 Å². The number of carbonyl (C=O) groups excluding carboxylic acids is 1. The number of thiophene rings is 1. The van der Waals surface area contributed by atoms with Gasteiger partial charge in [-0.05, 0) is 36.6 Å². The van der Waals surface area contributed by atoms with E-state index in [9.17, 15) is 13.2 Å². The minimum Gasteiger partial charge on any atom is -0.329 e. The number of anilines is 1. The predicted octanol–water partition coefficient (Wildman–Crippen LogP) is 1.73. The molecule has 1 heterocycles. The minimum atomic E-state index is -3.62. The molecule has 124 valence electrons. The van der Waals surface area contributed by atoms with Crippen LogP contribution in [-0.4, -0.2) is 27.4 Å². The highest BCUT2D eigenvalue weighted by Gasteiger charge is 2.18. The summed E-state index contributed by atoms with van der Waals surface area (Å²) in [5.74, 6) is -0.484. The maximum Gasteiger partial charge on any atom is 0.240 e. The summed E-state index contributed by atoms with van der Waals surface area (Å²) in [6.45, 7) is 2.19. The van der Waals surface area contributed by atoms with Gasteiger partial charge in [-0.25, -0.2) is 13.1 Å². The standard InChI is InChI=1S/C15H19N3O3S2/c1-11(14-6-3-9-22-14)15(19)18-12-4-2-5-13(10-12)23(20,21)17-8-7-16/h2-6,9-11,17H,7-8,16H2,1H3,(H,18,19). The van der Waals surface area contributed by atoms with Gasteiger partial charge in [-0.15, -0.1) is 11.3 Å². The maximum absolute atomic E-state index is 12.3. The van der Waals surface area contributed by atoms with Crippen LogP contribution in [0.3, 0.4) is 0 Å². The molecule has 1 aromatic carbocycles. The van der Waals surface area contributed by atoms with Crippen molar-refractivity contribution in [2.75, 3.05) is 18.4 Å². The lowest BCUT2D eigenvalue weighted by molar-refractivity contribution is -0.117. The van der Waals surface area contributed by atoms with E-state index in [2.05, 4.69) is 10.0 Å². The molecular formula is C15H19N3O3S2. The van der Waals surface area contributed by atoms with Gasteiger partial charge in [-0.3, -0.25) is 4.79 Å². The largest absolute Gasteiger partial charge is 0.329 e. The van der Waals surface area contributed by atoms with Crippen LogP contribution in [0, 0.1) is 0 Å². The molecule has 23 heavy (non-hydrogen) atoms. The van der Waals surface area contributed by atoms with Crippen molar-refractivity contribution < 1.29 is 13.2 Å². The Morgan fingerprint density at radius 2 is 2.09 bits per heavy atom. The summed E-state index contributed by atoms with van der Waals surface area (Å²) < 4.78 is 26.5. The quantitative estimate of drug-likeness (QED) is 0.705. The van der Waals surface area contributed by atoms with Crippen molar-refractivity contribution in [1.29, 1.82) is 0 Å². The molecule has 0 fully saturated rings. The van der Waals surface area contributed by atoms with Crippen molar-refractivity contribution in [2.45, 2.75) is 17.7 Å². The molecule has 1 unspecified atom stereocenters. The van der Waals surface area contributed by atoms with Crippen LogP contribution in [0.25, 0.3) is 0 Å². The number of nitrogens with one attached hydrogen (secondary N) is 2. The molecule has 1 aromatic heterocycles. The van der Waals surface area contributed by atoms with Crippen LogP contribution < -0.4 is 15.8 Å². The highest BCUT2D eigenvalue weighted by molar-refractivity contribution is 7.89. The fraction of sp³-hybridized carbons (Fsp3) is 0.267. The van der Waals surface area contributed by atoms with Gasteiger partial charge in [0, 0.05) is 23.7 Å². The monoisotopic (exact) mass is 353 g/mol. The molecule has 4 N–H and O–H groups in total. The van der Waals surface area contributed by atoms with Gasteiger partial charge in [0.2, 0.25) is 15.9 Å². The summed E-state index contributed by atoms with van der Waals surface area (Å²) >= 11 is 1.51. The van der Waals surface area contributed by atoms with E-state index in [1.165, 1.54) is 23.5 Å². The number of nitrogens with two attached hydrogens (primary N) is 1. The van der Waals surface area contributed by atoms with E-state index < -0.39 is 10.0 Å². The van der Waals surface area contributed by atoms with Crippen molar-refractivity contribution in [1.82, 2.24) is 4.72 Å². The smallest absolute Gasteiger partial charge is 0.240 e. The molecule has 8 heteroatoms. The lowest BCUT2D eigenvalue weighted by Gasteiger charge is -2.12. The second kappa shape index (κ2) is 7.69. The first-order chi connectivity index (χ1) is 10.9. The van der Waals surface area contributed by atoms with E-state index in [-0.39, 0.29) is 29.8 Å². The molecule has 0 spiro atoms. The Morgan fingerprint density at radius 3 is 2.74 bits per heavy atom. The zero-order chi connectivity index (χ0) is 16.9. The van der Waals surface area contributed by atoms with Crippen LogP contribution in [0.5, 0.6) is 0 Å². The van der Waals surface area contributed by atoms with E-state index in [0.29, 0.717) is 5.69 Å². The van der Waals surface area contributed by atoms with Crippen LogP contribution in [0.2, 0.25) is 0 Å². The Bertz CT molecular complexity index is 758. The molecule has 0 saturated carbocycles. The fourth-order valence-corrected chi connectivity index (χ4v) is 3.81. The Labute approximate surface area is 139 Å². The van der Waals surface area contributed by atoms with Gasteiger partial charge in [0.25, 0.3) is 0 Å². The molecule has 0 radical (unpaired) electrons. The summed E-state index contributed by atoms with van der Waals surface area (Å²) in [5, 5.41) is 4.66. The third-order valence-corrected chi connectivity index (χ3v) is 5.73. The molecule has 2 aromatic rings. The Hall–Kier alpha value is -1.74. The number of carbonyl (C=O) groups is 1. The van der Waals surface area contributed by atoms with Gasteiger partial charge in [0.05, 0.1) is 10.8 Å². The number of sulfonamides is 1. The zero-order valence-corrected chi connectivity index (χ0v) is 14.3. The van der Waals surface area contributed by atoms with Crippen molar-refractivity contribution >= 4 is 33.0 Å². The van der Waals surface area contributed by atoms with Crippen LogP contribution in [-0.2, 0) is 14.8 Å². The molecule has 0 saturated heterocycles. The van der Waals surface area contributed by atoms with Crippen LogP contribution in [0.15, 0.2) is 46.7 Å². The van der Waals surface area contributed by atoms with Gasteiger partial charge < -0.3 is 11.1 Å². The van der Waals surface area contributed by atoms with Crippen molar-refractivity contribution in [2.24, 2.45) is 5.73 Å². The van der Waals surface area contributed by atoms with Crippen LogP contribution >= 0.6 is 11.3 Å². The zero-order valence-electron chi connectivity index (χ0n) is 12.7. The second-order valence-electron chi connectivity index (χ2n) is 4.94. The fourth-order valence-electron chi connectivity index (χ4n) is 1.94. The summed E-state index contributed by atoms with van der Waals surface area (Å²) in [5.41, 5.74) is 5.75. The summed E-state index contributed by atoms with van der Waals surface area (Å²) in [7, 11) is -3.62. The van der Waals surface area contributed by atoms with Crippen LogP contribution in [0.4, 0.5) is 5.69 Å². The average molecular weight is 353 g/mol. The normalized spacial score (nSPS) is 12.8. The first-order valence-corrected chi connectivity index (χ1v) is 9.44. The van der Waals surface area contributed by atoms with E-state index in [1.54, 1.807) is 12.1 Å². The summed E-state index contributed by atoms with van der Waals surface area (Å²) in [6.07, 6.45) is 0. The van der Waals surface area contributed by atoms with E-state index in [0.717, 1.165) is 4.88 Å². The van der Waals surface area contributed by atoms with E-state index in [4.69, 9.17) is 5.73 Å². The van der Waals surface area contributed by atoms with Gasteiger partial charge in [0.15, 0.2) is 0 Å². The molecule has 6 nitrogen and oxygen atoms in total. The molecule has 0 aliphatic rings. The first-order valence-electron chi connectivity index (χ1n) is 7.08. The van der Waals surface area contributed by atoms with E-state index in [1.807, 2.05) is 24.4 Å². The number of rotatable bonds is 7. The first kappa shape index (κ1) is 17.6. The van der Waals surface area contributed by atoms with Crippen molar-refractivity contribution in [3.8, 4) is 0 Å². The highest BCUT2D eigenvalue weighted by atomic mass is 32.2. The minimum absolute atomic E-state index is 0.0903. The second-order valence-corrected chi connectivity index (χ2v) is 7.69.